The molecule has 0 bridgehead atoms. The summed E-state index contributed by atoms with van der Waals surface area (Å²) in [5.74, 6) is 2.40. The molecular formula is C19H26N6O. The van der Waals surface area contributed by atoms with Crippen molar-refractivity contribution in [2.75, 3.05) is 37.0 Å². The Hall–Kier alpha value is -2.44. The van der Waals surface area contributed by atoms with Crippen LogP contribution in [0.15, 0.2) is 23.3 Å². The van der Waals surface area contributed by atoms with Gasteiger partial charge in [-0.15, -0.1) is 0 Å². The first-order chi connectivity index (χ1) is 12.6. The van der Waals surface area contributed by atoms with Gasteiger partial charge in [-0.3, -0.25) is 4.79 Å². The zero-order valence-corrected chi connectivity index (χ0v) is 15.6. The van der Waals surface area contributed by atoms with Gasteiger partial charge in [0.25, 0.3) is 5.56 Å². The van der Waals surface area contributed by atoms with Gasteiger partial charge in [-0.05, 0) is 43.6 Å². The van der Waals surface area contributed by atoms with Crippen LogP contribution >= 0.6 is 0 Å². The summed E-state index contributed by atoms with van der Waals surface area (Å²) in [6.45, 7) is 2.63. The van der Waals surface area contributed by atoms with Gasteiger partial charge < -0.3 is 9.80 Å². The first kappa shape index (κ1) is 17.0. The highest BCUT2D eigenvalue weighted by atomic mass is 16.1. The molecule has 2 aliphatic rings. The van der Waals surface area contributed by atoms with Crippen LogP contribution in [0.2, 0.25) is 0 Å². The molecule has 0 unspecified atom stereocenters. The van der Waals surface area contributed by atoms with Gasteiger partial charge in [0.05, 0.1) is 5.69 Å². The number of piperidine rings is 1. The Morgan fingerprint density at radius 3 is 2.73 bits per heavy atom. The predicted molar refractivity (Wildman–Crippen MR) is 102 cm³/mol. The average molecular weight is 354 g/mol. The van der Waals surface area contributed by atoms with E-state index in [0.29, 0.717) is 5.92 Å². The van der Waals surface area contributed by atoms with Gasteiger partial charge in [-0.25, -0.2) is 14.6 Å². The SMILES string of the molecule is CN(C)c1cc(N2CCC(Cn3nc4c(cc3=O)CCC4)CC2)ncn1. The Balaban J connectivity index is 1.40. The fourth-order valence-corrected chi connectivity index (χ4v) is 3.91. The smallest absolute Gasteiger partial charge is 0.267 e. The average Bonchev–Trinajstić information content (AvgIpc) is 3.10. The first-order valence-corrected chi connectivity index (χ1v) is 9.44. The highest BCUT2D eigenvalue weighted by molar-refractivity contribution is 5.49. The summed E-state index contributed by atoms with van der Waals surface area (Å²) < 4.78 is 1.69. The lowest BCUT2D eigenvalue weighted by Crippen LogP contribution is -2.37. The molecule has 0 N–H and O–H groups in total. The van der Waals surface area contributed by atoms with Crippen molar-refractivity contribution in [1.29, 1.82) is 0 Å². The number of rotatable bonds is 4. The maximum absolute atomic E-state index is 12.3. The summed E-state index contributed by atoms with van der Waals surface area (Å²) in [6, 6.07) is 3.83. The molecule has 1 fully saturated rings. The molecule has 7 nitrogen and oxygen atoms in total. The molecule has 1 aliphatic carbocycles. The van der Waals surface area contributed by atoms with Crippen LogP contribution in [-0.2, 0) is 19.4 Å². The molecule has 0 saturated carbocycles. The lowest BCUT2D eigenvalue weighted by molar-refractivity contribution is 0.333. The normalized spacial score (nSPS) is 17.4. The van der Waals surface area contributed by atoms with Crippen molar-refractivity contribution < 1.29 is 0 Å². The number of aryl methyl sites for hydroxylation is 2. The molecule has 4 rings (SSSR count). The fraction of sp³-hybridized carbons (Fsp3) is 0.579. The van der Waals surface area contributed by atoms with E-state index < -0.39 is 0 Å². The summed E-state index contributed by atoms with van der Waals surface area (Å²) in [5, 5.41) is 4.62. The van der Waals surface area contributed by atoms with E-state index in [1.807, 2.05) is 25.1 Å². The van der Waals surface area contributed by atoms with Gasteiger partial charge >= 0.3 is 0 Å². The summed E-state index contributed by atoms with van der Waals surface area (Å²) >= 11 is 0. The molecule has 26 heavy (non-hydrogen) atoms. The Morgan fingerprint density at radius 1 is 1.15 bits per heavy atom. The van der Waals surface area contributed by atoms with E-state index >= 15 is 0 Å². The summed E-state index contributed by atoms with van der Waals surface area (Å²) in [6.07, 6.45) is 6.86. The van der Waals surface area contributed by atoms with Crippen molar-refractivity contribution in [3.63, 3.8) is 0 Å². The van der Waals surface area contributed by atoms with E-state index in [1.165, 1.54) is 0 Å². The van der Waals surface area contributed by atoms with E-state index in [-0.39, 0.29) is 5.56 Å². The first-order valence-electron chi connectivity index (χ1n) is 9.44. The molecule has 7 heteroatoms. The van der Waals surface area contributed by atoms with Crippen LogP contribution < -0.4 is 15.4 Å². The van der Waals surface area contributed by atoms with Crippen LogP contribution in [0.25, 0.3) is 0 Å². The molecule has 0 spiro atoms. The minimum Gasteiger partial charge on any atom is -0.363 e. The fourth-order valence-electron chi connectivity index (χ4n) is 3.91. The van der Waals surface area contributed by atoms with Gasteiger partial charge in [0.2, 0.25) is 0 Å². The van der Waals surface area contributed by atoms with Crippen molar-refractivity contribution in [3.05, 3.63) is 40.1 Å². The van der Waals surface area contributed by atoms with Gasteiger partial charge in [0, 0.05) is 45.9 Å². The molecule has 0 amide bonds. The van der Waals surface area contributed by atoms with E-state index in [4.69, 9.17) is 0 Å². The number of hydrogen-bond donors (Lipinski definition) is 0. The molecule has 2 aromatic rings. The second-order valence-corrected chi connectivity index (χ2v) is 7.55. The number of hydrogen-bond acceptors (Lipinski definition) is 6. The van der Waals surface area contributed by atoms with Gasteiger partial charge in [-0.1, -0.05) is 0 Å². The number of anilines is 2. The zero-order chi connectivity index (χ0) is 18.1. The van der Waals surface area contributed by atoms with E-state index in [0.717, 1.165) is 74.6 Å². The van der Waals surface area contributed by atoms with E-state index in [2.05, 4.69) is 20.0 Å². The quantitative estimate of drug-likeness (QED) is 0.829. The maximum atomic E-state index is 12.3. The van der Waals surface area contributed by atoms with Crippen LogP contribution in [0, 0.1) is 5.92 Å². The largest absolute Gasteiger partial charge is 0.363 e. The molecule has 2 aromatic heterocycles. The Bertz CT molecular complexity index is 838. The molecule has 0 atom stereocenters. The summed E-state index contributed by atoms with van der Waals surface area (Å²) in [5.41, 5.74) is 2.33. The number of aromatic nitrogens is 4. The Labute approximate surface area is 153 Å². The van der Waals surface area contributed by atoms with Crippen molar-refractivity contribution in [2.45, 2.75) is 38.6 Å². The number of nitrogens with zero attached hydrogens (tertiary/aromatic N) is 6. The summed E-state index contributed by atoms with van der Waals surface area (Å²) in [4.78, 5) is 25.3. The Kier molecular flexibility index (Phi) is 4.61. The molecule has 1 aliphatic heterocycles. The third kappa shape index (κ3) is 3.43. The molecule has 3 heterocycles. The predicted octanol–water partition coefficient (Wildman–Crippen LogP) is 1.50. The molecule has 0 aromatic carbocycles. The van der Waals surface area contributed by atoms with Gasteiger partial charge in [0.15, 0.2) is 0 Å². The molecule has 0 radical (unpaired) electrons. The van der Waals surface area contributed by atoms with E-state index in [9.17, 15) is 4.79 Å². The highest BCUT2D eigenvalue weighted by Crippen LogP contribution is 2.24. The highest BCUT2D eigenvalue weighted by Gasteiger charge is 2.23. The van der Waals surface area contributed by atoms with Gasteiger partial charge in [-0.2, -0.15) is 5.10 Å². The standard InChI is InChI=1S/C19H26N6O/c1-23(2)17-11-18(21-13-20-17)24-8-6-14(7-9-24)12-25-19(26)10-15-4-3-5-16(15)22-25/h10-11,13-14H,3-9,12H2,1-2H3. The van der Waals surface area contributed by atoms with Gasteiger partial charge in [0.1, 0.15) is 18.0 Å². The van der Waals surface area contributed by atoms with Crippen LogP contribution in [0.4, 0.5) is 11.6 Å². The number of fused-ring (bicyclic) bond motifs is 1. The minimum atomic E-state index is 0.0551. The molecule has 138 valence electrons. The van der Waals surface area contributed by atoms with Crippen molar-refractivity contribution in [1.82, 2.24) is 19.7 Å². The summed E-state index contributed by atoms with van der Waals surface area (Å²) in [7, 11) is 3.97. The monoisotopic (exact) mass is 354 g/mol. The van der Waals surface area contributed by atoms with Crippen molar-refractivity contribution in [3.8, 4) is 0 Å². The van der Waals surface area contributed by atoms with Crippen LogP contribution in [0.3, 0.4) is 0 Å². The lowest BCUT2D eigenvalue weighted by atomic mass is 9.97. The zero-order valence-electron chi connectivity index (χ0n) is 15.6. The van der Waals surface area contributed by atoms with Crippen LogP contribution in [0.5, 0.6) is 0 Å². The maximum Gasteiger partial charge on any atom is 0.267 e. The third-order valence-electron chi connectivity index (χ3n) is 5.49. The third-order valence-corrected chi connectivity index (χ3v) is 5.49. The van der Waals surface area contributed by atoms with Crippen LogP contribution in [-0.4, -0.2) is 46.9 Å². The van der Waals surface area contributed by atoms with Crippen molar-refractivity contribution >= 4 is 11.6 Å². The second-order valence-electron chi connectivity index (χ2n) is 7.55. The lowest BCUT2D eigenvalue weighted by Gasteiger charge is -2.33. The van der Waals surface area contributed by atoms with Crippen molar-refractivity contribution in [2.24, 2.45) is 5.92 Å². The van der Waals surface area contributed by atoms with Crippen LogP contribution in [0.1, 0.15) is 30.5 Å². The topological polar surface area (TPSA) is 67.2 Å². The minimum absolute atomic E-state index is 0.0551. The van der Waals surface area contributed by atoms with E-state index in [1.54, 1.807) is 17.1 Å². The molecular weight excluding hydrogens is 328 g/mol. The Morgan fingerprint density at radius 2 is 1.96 bits per heavy atom. The second kappa shape index (κ2) is 7.05. The molecule has 1 saturated heterocycles.